The van der Waals surface area contributed by atoms with Crippen molar-refractivity contribution in [2.45, 2.75) is 32.0 Å². The van der Waals surface area contributed by atoms with Crippen molar-refractivity contribution in [3.05, 3.63) is 65.2 Å². The first-order chi connectivity index (χ1) is 13.5. The van der Waals surface area contributed by atoms with Gasteiger partial charge in [0.05, 0.1) is 12.1 Å². The molecule has 0 spiro atoms. The first kappa shape index (κ1) is 18.5. The molecule has 1 aromatic carbocycles. The van der Waals surface area contributed by atoms with Crippen LogP contribution >= 0.6 is 11.6 Å². The Kier molecular flexibility index (Phi) is 5.06. The number of benzene rings is 1. The molecule has 4 rings (SSSR count). The van der Waals surface area contributed by atoms with Crippen LogP contribution in [0.5, 0.6) is 0 Å². The fraction of sp³-hybridized carbons (Fsp3) is 0.316. The average Bonchev–Trinajstić information content (AvgIpc) is 3.35. The van der Waals surface area contributed by atoms with Gasteiger partial charge in [0.1, 0.15) is 6.04 Å². The van der Waals surface area contributed by atoms with Crippen molar-refractivity contribution in [1.29, 1.82) is 0 Å². The minimum atomic E-state index is -0.158. The molecule has 3 aromatic rings. The Morgan fingerprint density at radius 2 is 2.00 bits per heavy atom. The van der Waals surface area contributed by atoms with Crippen LogP contribution in [0.3, 0.4) is 0 Å². The zero-order valence-corrected chi connectivity index (χ0v) is 16.5. The third-order valence-corrected chi connectivity index (χ3v) is 5.14. The van der Waals surface area contributed by atoms with Gasteiger partial charge in [0.25, 0.3) is 5.89 Å². The van der Waals surface area contributed by atoms with Crippen LogP contribution in [0, 0.1) is 0 Å². The molecule has 3 unspecified atom stereocenters. The highest BCUT2D eigenvalue weighted by Gasteiger charge is 2.35. The lowest BCUT2D eigenvalue weighted by Crippen LogP contribution is -2.42. The molecule has 0 aliphatic carbocycles. The van der Waals surface area contributed by atoms with Crippen molar-refractivity contribution >= 4 is 11.6 Å². The van der Waals surface area contributed by atoms with Crippen LogP contribution < -0.4 is 0 Å². The second-order valence-electron chi connectivity index (χ2n) is 6.71. The van der Waals surface area contributed by atoms with E-state index in [1.165, 1.54) is 0 Å². The highest BCUT2D eigenvalue weighted by molar-refractivity contribution is 6.30. The molecule has 1 aliphatic rings. The predicted molar refractivity (Wildman–Crippen MR) is 104 cm³/mol. The van der Waals surface area contributed by atoms with E-state index in [0.29, 0.717) is 16.7 Å². The molecule has 0 N–H and O–H groups in total. The van der Waals surface area contributed by atoms with Gasteiger partial charge in [-0.05, 0) is 49.7 Å². The number of pyridine rings is 1. The Morgan fingerprint density at radius 3 is 2.75 bits per heavy atom. The van der Waals surface area contributed by atoms with Gasteiger partial charge in [-0.3, -0.25) is 4.98 Å². The second kappa shape index (κ2) is 7.65. The Bertz CT molecular complexity index is 977. The maximum atomic E-state index is 6.05. The lowest BCUT2D eigenvalue weighted by molar-refractivity contribution is -0.0571. The van der Waals surface area contributed by atoms with Crippen molar-refractivity contribution in [3.8, 4) is 11.5 Å². The van der Waals surface area contributed by atoms with Crippen LogP contribution in [-0.4, -0.2) is 38.3 Å². The Morgan fingerprint density at radius 1 is 1.21 bits per heavy atom. The molecule has 0 radical (unpaired) electrons. The van der Waals surface area contributed by atoms with Crippen molar-refractivity contribution in [1.82, 2.24) is 25.3 Å². The molecular formula is C19H20ClN7O. The van der Waals surface area contributed by atoms with Crippen molar-refractivity contribution in [2.24, 2.45) is 10.3 Å². The van der Waals surface area contributed by atoms with Crippen LogP contribution in [0.1, 0.15) is 37.3 Å². The van der Waals surface area contributed by atoms with Gasteiger partial charge < -0.3 is 4.52 Å². The van der Waals surface area contributed by atoms with Gasteiger partial charge in [-0.15, -0.1) is 0 Å². The molecule has 8 nitrogen and oxygen atoms in total. The molecule has 144 valence electrons. The molecule has 3 atom stereocenters. The predicted octanol–water partition coefficient (Wildman–Crippen LogP) is 4.51. The number of hydrogen-bond acceptors (Lipinski definition) is 8. The fourth-order valence-corrected chi connectivity index (χ4v) is 3.35. The first-order valence-corrected chi connectivity index (χ1v) is 9.34. The second-order valence-corrected chi connectivity index (χ2v) is 7.15. The minimum absolute atomic E-state index is 0.0501. The number of halogens is 1. The summed E-state index contributed by atoms with van der Waals surface area (Å²) >= 11 is 6.05. The third kappa shape index (κ3) is 3.48. The molecule has 0 amide bonds. The smallest absolute Gasteiger partial charge is 0.258 e. The Hall–Kier alpha value is -2.84. The normalized spacial score (nSPS) is 20.1. The van der Waals surface area contributed by atoms with Gasteiger partial charge in [-0.2, -0.15) is 15.1 Å². The average molecular weight is 398 g/mol. The van der Waals surface area contributed by atoms with Crippen LogP contribution in [0.4, 0.5) is 0 Å². The number of hydrogen-bond donors (Lipinski definition) is 0. The third-order valence-electron chi connectivity index (χ3n) is 4.91. The molecule has 1 aliphatic heterocycles. The Balaban J connectivity index is 1.50. The molecule has 0 saturated heterocycles. The van der Waals surface area contributed by atoms with E-state index < -0.39 is 0 Å². The summed E-state index contributed by atoms with van der Waals surface area (Å²) in [5.41, 5.74) is 1.87. The van der Waals surface area contributed by atoms with E-state index in [2.05, 4.69) is 32.4 Å². The van der Waals surface area contributed by atoms with Gasteiger partial charge in [0.15, 0.2) is 5.82 Å². The standard InChI is InChI=1S/C19H20ClN7O/c1-12-17(14-7-9-21-10-8-14)23-25-27(12)26(3)13(2)18-22-19(28-24-18)15-5-4-6-16(20)11-15/h4-13,17H,1-3H3. The lowest BCUT2D eigenvalue weighted by atomic mass is 10.0. The molecule has 2 aromatic heterocycles. The maximum Gasteiger partial charge on any atom is 0.258 e. The number of hydrazine groups is 1. The lowest BCUT2D eigenvalue weighted by Gasteiger charge is -2.33. The van der Waals surface area contributed by atoms with Crippen LogP contribution in [0.15, 0.2) is 63.7 Å². The van der Waals surface area contributed by atoms with E-state index in [4.69, 9.17) is 16.1 Å². The summed E-state index contributed by atoms with van der Waals surface area (Å²) < 4.78 is 5.43. The molecule has 0 saturated carbocycles. The summed E-state index contributed by atoms with van der Waals surface area (Å²) in [7, 11) is 1.94. The SMILES string of the molecule is CC(c1noc(-c2cccc(Cl)c2)n1)N(C)N1N=NC(c2ccncc2)C1C. The zero-order valence-electron chi connectivity index (χ0n) is 15.8. The molecule has 28 heavy (non-hydrogen) atoms. The highest BCUT2D eigenvalue weighted by Crippen LogP contribution is 2.34. The largest absolute Gasteiger partial charge is 0.334 e. The number of nitrogens with zero attached hydrogens (tertiary/aromatic N) is 7. The fourth-order valence-electron chi connectivity index (χ4n) is 3.16. The molecule has 0 bridgehead atoms. The molecule has 0 fully saturated rings. The van der Waals surface area contributed by atoms with E-state index in [1.807, 2.05) is 48.4 Å². The van der Waals surface area contributed by atoms with Gasteiger partial charge >= 0.3 is 0 Å². The summed E-state index contributed by atoms with van der Waals surface area (Å²) in [5.74, 6) is 0.996. The summed E-state index contributed by atoms with van der Waals surface area (Å²) in [6, 6.07) is 11.1. The van der Waals surface area contributed by atoms with E-state index >= 15 is 0 Å². The quantitative estimate of drug-likeness (QED) is 0.630. The summed E-state index contributed by atoms with van der Waals surface area (Å²) in [6.07, 6.45) is 3.53. The van der Waals surface area contributed by atoms with Crippen LogP contribution in [0.25, 0.3) is 11.5 Å². The van der Waals surface area contributed by atoms with Gasteiger partial charge in [-0.1, -0.05) is 28.0 Å². The summed E-state index contributed by atoms with van der Waals surface area (Å²) in [6.45, 7) is 4.08. The van der Waals surface area contributed by atoms with Gasteiger partial charge in [0.2, 0.25) is 0 Å². The van der Waals surface area contributed by atoms with Crippen molar-refractivity contribution in [3.63, 3.8) is 0 Å². The molecule has 9 heteroatoms. The van der Waals surface area contributed by atoms with Crippen molar-refractivity contribution in [2.75, 3.05) is 7.05 Å². The summed E-state index contributed by atoms with van der Waals surface area (Å²) in [5, 5.41) is 17.4. The summed E-state index contributed by atoms with van der Waals surface area (Å²) in [4.78, 5) is 8.60. The highest BCUT2D eigenvalue weighted by atomic mass is 35.5. The Labute approximate surface area is 167 Å². The molecular weight excluding hydrogens is 378 g/mol. The van der Waals surface area contributed by atoms with Crippen molar-refractivity contribution < 1.29 is 4.52 Å². The molecule has 3 heterocycles. The van der Waals surface area contributed by atoms with Gasteiger partial charge in [0, 0.05) is 30.0 Å². The maximum absolute atomic E-state index is 6.05. The monoisotopic (exact) mass is 397 g/mol. The van der Waals surface area contributed by atoms with Crippen LogP contribution in [0.2, 0.25) is 5.02 Å². The topological polar surface area (TPSA) is 83.0 Å². The zero-order chi connectivity index (χ0) is 19.7. The van der Waals surface area contributed by atoms with Gasteiger partial charge in [-0.25, -0.2) is 5.12 Å². The first-order valence-electron chi connectivity index (χ1n) is 8.97. The van der Waals surface area contributed by atoms with E-state index in [-0.39, 0.29) is 18.1 Å². The van der Waals surface area contributed by atoms with Crippen LogP contribution in [-0.2, 0) is 0 Å². The van der Waals surface area contributed by atoms with E-state index in [0.717, 1.165) is 11.1 Å². The van der Waals surface area contributed by atoms with E-state index in [1.54, 1.807) is 24.5 Å². The number of rotatable bonds is 5. The number of aromatic nitrogens is 3. The van der Waals surface area contributed by atoms with E-state index in [9.17, 15) is 0 Å². The minimum Gasteiger partial charge on any atom is -0.334 e.